The lowest BCUT2D eigenvalue weighted by atomic mass is 10.1. The Morgan fingerprint density at radius 3 is 2.77 bits per heavy atom. The number of benzene rings is 1. The van der Waals surface area contributed by atoms with Gasteiger partial charge in [-0.1, -0.05) is 6.07 Å². The lowest BCUT2D eigenvalue weighted by Gasteiger charge is -2.18. The Labute approximate surface area is 128 Å². The molecule has 1 aromatic heterocycles. The average molecular weight is 305 g/mol. The van der Waals surface area contributed by atoms with Gasteiger partial charge >= 0.3 is 5.69 Å². The Hall–Kier alpha value is -2.41. The van der Waals surface area contributed by atoms with Gasteiger partial charge in [-0.15, -0.1) is 0 Å². The van der Waals surface area contributed by atoms with E-state index in [0.717, 1.165) is 0 Å². The standard InChI is InChI=1S/C15H19N3O4/c1-15(2,19)7-8-22-12-6-4-5-10-13(12)14(16-3)11(9-17-10)18(20)21/h4-6,9,19H,7-8H2,1-3H3,(H,16,17). The number of fused-ring (bicyclic) bond motifs is 1. The van der Waals surface area contributed by atoms with Crippen LogP contribution in [0.4, 0.5) is 11.4 Å². The molecule has 0 aliphatic heterocycles. The van der Waals surface area contributed by atoms with Gasteiger partial charge in [0.05, 0.1) is 28.0 Å². The molecule has 7 nitrogen and oxygen atoms in total. The van der Waals surface area contributed by atoms with Crippen LogP contribution in [-0.4, -0.2) is 34.3 Å². The molecule has 1 heterocycles. The topological polar surface area (TPSA) is 97.5 Å². The SMILES string of the molecule is CNc1c([N+](=O)[O-])cnc2cccc(OCCC(C)(C)O)c12. The molecule has 2 rings (SSSR count). The number of ether oxygens (including phenoxy) is 1. The van der Waals surface area contributed by atoms with Gasteiger partial charge in [0.15, 0.2) is 0 Å². The minimum Gasteiger partial charge on any atom is -0.493 e. The summed E-state index contributed by atoms with van der Waals surface area (Å²) in [5.74, 6) is 0.502. The normalized spacial score (nSPS) is 11.5. The monoisotopic (exact) mass is 305 g/mol. The van der Waals surface area contributed by atoms with Crippen LogP contribution in [0.2, 0.25) is 0 Å². The van der Waals surface area contributed by atoms with Crippen molar-refractivity contribution in [3.05, 3.63) is 34.5 Å². The first-order valence-electron chi connectivity index (χ1n) is 6.92. The molecule has 118 valence electrons. The fourth-order valence-electron chi connectivity index (χ4n) is 2.12. The number of pyridine rings is 1. The van der Waals surface area contributed by atoms with Crippen LogP contribution in [0.1, 0.15) is 20.3 Å². The first kappa shape index (κ1) is 16.0. The Kier molecular flexibility index (Phi) is 4.46. The summed E-state index contributed by atoms with van der Waals surface area (Å²) in [4.78, 5) is 14.8. The summed E-state index contributed by atoms with van der Waals surface area (Å²) in [5, 5.41) is 24.3. The Morgan fingerprint density at radius 1 is 1.45 bits per heavy atom. The van der Waals surface area contributed by atoms with E-state index >= 15 is 0 Å². The van der Waals surface area contributed by atoms with Crippen molar-refractivity contribution in [1.29, 1.82) is 0 Å². The van der Waals surface area contributed by atoms with Crippen molar-refractivity contribution in [3.63, 3.8) is 0 Å². The van der Waals surface area contributed by atoms with Crippen LogP contribution in [0, 0.1) is 10.1 Å². The van der Waals surface area contributed by atoms with Crippen LogP contribution in [0.5, 0.6) is 5.75 Å². The number of hydrogen-bond acceptors (Lipinski definition) is 6. The number of hydrogen-bond donors (Lipinski definition) is 2. The van der Waals surface area contributed by atoms with E-state index in [1.54, 1.807) is 39.1 Å². The second-order valence-electron chi connectivity index (χ2n) is 5.59. The van der Waals surface area contributed by atoms with E-state index in [0.29, 0.717) is 35.4 Å². The number of rotatable bonds is 6. The second kappa shape index (κ2) is 6.15. The molecule has 1 aromatic carbocycles. The zero-order chi connectivity index (χ0) is 16.3. The van der Waals surface area contributed by atoms with Crippen molar-refractivity contribution in [2.24, 2.45) is 0 Å². The van der Waals surface area contributed by atoms with Gasteiger partial charge in [-0.05, 0) is 26.0 Å². The molecular formula is C15H19N3O4. The van der Waals surface area contributed by atoms with Gasteiger partial charge < -0.3 is 15.2 Å². The van der Waals surface area contributed by atoms with Crippen LogP contribution in [-0.2, 0) is 0 Å². The fourth-order valence-corrected chi connectivity index (χ4v) is 2.12. The summed E-state index contributed by atoms with van der Waals surface area (Å²) in [6.45, 7) is 3.70. The zero-order valence-electron chi connectivity index (χ0n) is 12.8. The first-order valence-corrected chi connectivity index (χ1v) is 6.92. The molecule has 7 heteroatoms. The van der Waals surface area contributed by atoms with E-state index in [2.05, 4.69) is 10.3 Å². The number of nitro groups is 1. The van der Waals surface area contributed by atoms with E-state index in [9.17, 15) is 15.2 Å². The summed E-state index contributed by atoms with van der Waals surface area (Å²) in [5.41, 5.74) is 0.0406. The molecule has 2 aromatic rings. The van der Waals surface area contributed by atoms with Crippen molar-refractivity contribution in [2.45, 2.75) is 25.9 Å². The lowest BCUT2D eigenvalue weighted by molar-refractivity contribution is -0.384. The highest BCUT2D eigenvalue weighted by Gasteiger charge is 2.20. The molecule has 0 fully saturated rings. The van der Waals surface area contributed by atoms with Crippen molar-refractivity contribution in [1.82, 2.24) is 4.98 Å². The molecule has 0 saturated heterocycles. The Morgan fingerprint density at radius 2 is 2.18 bits per heavy atom. The van der Waals surface area contributed by atoms with E-state index in [4.69, 9.17) is 4.74 Å². The van der Waals surface area contributed by atoms with Gasteiger partial charge in [-0.25, -0.2) is 4.98 Å². The van der Waals surface area contributed by atoms with Crippen molar-refractivity contribution < 1.29 is 14.8 Å². The van der Waals surface area contributed by atoms with E-state index in [1.165, 1.54) is 6.20 Å². The molecule has 2 N–H and O–H groups in total. The maximum atomic E-state index is 11.1. The average Bonchev–Trinajstić information content (AvgIpc) is 2.44. The number of anilines is 1. The van der Waals surface area contributed by atoms with Gasteiger partial charge in [-0.2, -0.15) is 0 Å². The minimum absolute atomic E-state index is 0.103. The van der Waals surface area contributed by atoms with E-state index in [-0.39, 0.29) is 5.69 Å². The molecule has 22 heavy (non-hydrogen) atoms. The number of nitrogens with zero attached hydrogens (tertiary/aromatic N) is 2. The number of aliphatic hydroxyl groups is 1. The van der Waals surface area contributed by atoms with E-state index in [1.807, 2.05) is 0 Å². The van der Waals surface area contributed by atoms with Crippen LogP contribution >= 0.6 is 0 Å². The maximum absolute atomic E-state index is 11.1. The van der Waals surface area contributed by atoms with Crippen LogP contribution in [0.3, 0.4) is 0 Å². The fraction of sp³-hybridized carbons (Fsp3) is 0.400. The molecule has 0 bridgehead atoms. The summed E-state index contributed by atoms with van der Waals surface area (Å²) in [7, 11) is 1.62. The second-order valence-corrected chi connectivity index (χ2v) is 5.59. The smallest absolute Gasteiger partial charge is 0.311 e. The molecule has 0 atom stereocenters. The minimum atomic E-state index is -0.833. The van der Waals surface area contributed by atoms with Crippen LogP contribution in [0.15, 0.2) is 24.4 Å². The van der Waals surface area contributed by atoms with Crippen molar-refractivity contribution in [2.75, 3.05) is 19.0 Å². The van der Waals surface area contributed by atoms with Crippen molar-refractivity contribution in [3.8, 4) is 5.75 Å². The van der Waals surface area contributed by atoms with Crippen molar-refractivity contribution >= 4 is 22.3 Å². The van der Waals surface area contributed by atoms with E-state index < -0.39 is 10.5 Å². The molecule has 0 aliphatic rings. The third kappa shape index (κ3) is 3.43. The third-order valence-corrected chi connectivity index (χ3v) is 3.25. The number of nitrogens with one attached hydrogen (secondary N) is 1. The molecule has 0 aliphatic carbocycles. The summed E-state index contributed by atoms with van der Waals surface area (Å²) < 4.78 is 5.71. The highest BCUT2D eigenvalue weighted by molar-refractivity contribution is 6.00. The van der Waals surface area contributed by atoms with Gasteiger partial charge in [0.2, 0.25) is 0 Å². The van der Waals surface area contributed by atoms with Gasteiger partial charge in [0.1, 0.15) is 17.6 Å². The summed E-state index contributed by atoms with van der Waals surface area (Å²) in [6.07, 6.45) is 1.68. The van der Waals surface area contributed by atoms with Gasteiger partial charge in [0.25, 0.3) is 0 Å². The van der Waals surface area contributed by atoms with Crippen LogP contribution < -0.4 is 10.1 Å². The Balaban J connectivity index is 2.45. The van der Waals surface area contributed by atoms with Gasteiger partial charge in [-0.3, -0.25) is 10.1 Å². The molecule has 0 saturated carbocycles. The summed E-state index contributed by atoms with van der Waals surface area (Å²) >= 11 is 0. The molecule has 0 radical (unpaired) electrons. The predicted octanol–water partition coefficient (Wildman–Crippen LogP) is 2.72. The van der Waals surface area contributed by atoms with Gasteiger partial charge in [0, 0.05) is 13.5 Å². The first-order chi connectivity index (χ1) is 10.3. The highest BCUT2D eigenvalue weighted by atomic mass is 16.6. The largest absolute Gasteiger partial charge is 0.493 e. The maximum Gasteiger partial charge on any atom is 0.311 e. The zero-order valence-corrected chi connectivity index (χ0v) is 12.8. The molecule has 0 amide bonds. The Bertz CT molecular complexity index is 695. The quantitative estimate of drug-likeness (QED) is 0.629. The summed E-state index contributed by atoms with van der Waals surface area (Å²) in [6, 6.07) is 5.28. The lowest BCUT2D eigenvalue weighted by Crippen LogP contribution is -2.21. The predicted molar refractivity (Wildman–Crippen MR) is 84.4 cm³/mol. The molecule has 0 spiro atoms. The molecular weight excluding hydrogens is 286 g/mol. The molecule has 0 unspecified atom stereocenters. The van der Waals surface area contributed by atoms with Crippen LogP contribution in [0.25, 0.3) is 10.9 Å². The third-order valence-electron chi connectivity index (χ3n) is 3.25. The number of aromatic nitrogens is 1. The highest BCUT2D eigenvalue weighted by Crippen LogP contribution is 2.37.